The number of carbonyl (C=O) groups is 1. The van der Waals surface area contributed by atoms with Gasteiger partial charge in [-0.2, -0.15) is 5.26 Å². The van der Waals surface area contributed by atoms with E-state index >= 15 is 0 Å². The normalized spacial score (nSPS) is 9.68. The van der Waals surface area contributed by atoms with Crippen molar-refractivity contribution < 1.29 is 14.6 Å². The van der Waals surface area contributed by atoms with Gasteiger partial charge in [-0.05, 0) is 35.4 Å². The molecule has 0 radical (unpaired) electrons. The van der Waals surface area contributed by atoms with Crippen LogP contribution in [-0.4, -0.2) is 18.2 Å². The summed E-state index contributed by atoms with van der Waals surface area (Å²) in [6, 6.07) is 13.5. The molecule has 0 atom stereocenters. The van der Waals surface area contributed by atoms with E-state index in [0.29, 0.717) is 5.56 Å². The van der Waals surface area contributed by atoms with E-state index in [1.165, 1.54) is 13.2 Å². The molecule has 0 aliphatic heterocycles. The van der Waals surface area contributed by atoms with Crippen LogP contribution in [0.15, 0.2) is 42.5 Å². The van der Waals surface area contributed by atoms with Crippen LogP contribution in [0.5, 0.6) is 5.75 Å². The van der Waals surface area contributed by atoms with Crippen LogP contribution in [0, 0.1) is 11.3 Å². The van der Waals surface area contributed by atoms with E-state index in [-0.39, 0.29) is 11.3 Å². The third kappa shape index (κ3) is 2.55. The zero-order valence-electron chi connectivity index (χ0n) is 10.3. The average molecular weight is 253 g/mol. The minimum atomic E-state index is -0.416. The summed E-state index contributed by atoms with van der Waals surface area (Å²) in [5.41, 5.74) is 2.16. The number of methoxy groups -OCH3 is 1. The number of benzene rings is 2. The van der Waals surface area contributed by atoms with Crippen LogP contribution in [0.2, 0.25) is 0 Å². The van der Waals surface area contributed by atoms with Crippen molar-refractivity contribution in [3.63, 3.8) is 0 Å². The molecule has 0 aliphatic rings. The number of nitriles is 1. The molecule has 94 valence electrons. The first-order chi connectivity index (χ1) is 9.15. The molecule has 1 N–H and O–H groups in total. The average Bonchev–Trinajstić information content (AvgIpc) is 2.47. The van der Waals surface area contributed by atoms with Gasteiger partial charge in [-0.3, -0.25) is 0 Å². The Morgan fingerprint density at radius 3 is 2.63 bits per heavy atom. The summed E-state index contributed by atoms with van der Waals surface area (Å²) >= 11 is 0. The van der Waals surface area contributed by atoms with Gasteiger partial charge < -0.3 is 9.84 Å². The van der Waals surface area contributed by atoms with Gasteiger partial charge in [0.1, 0.15) is 11.8 Å². The second kappa shape index (κ2) is 5.23. The molecule has 4 nitrogen and oxygen atoms in total. The van der Waals surface area contributed by atoms with Crippen LogP contribution in [0.4, 0.5) is 0 Å². The van der Waals surface area contributed by atoms with Crippen molar-refractivity contribution in [2.24, 2.45) is 0 Å². The second-order valence-electron chi connectivity index (χ2n) is 3.92. The fraction of sp³-hybridized carbons (Fsp3) is 0.0667. The molecule has 0 saturated carbocycles. The molecule has 0 aliphatic carbocycles. The Kier molecular flexibility index (Phi) is 3.48. The van der Waals surface area contributed by atoms with Crippen LogP contribution in [0.25, 0.3) is 11.1 Å². The zero-order chi connectivity index (χ0) is 13.8. The number of aromatic hydroxyl groups is 1. The van der Waals surface area contributed by atoms with Gasteiger partial charge in [-0.15, -0.1) is 0 Å². The van der Waals surface area contributed by atoms with Crippen molar-refractivity contribution in [3.05, 3.63) is 53.6 Å². The molecule has 2 aromatic rings. The molecular weight excluding hydrogens is 242 g/mol. The lowest BCUT2D eigenvalue weighted by atomic mass is 10.0. The molecule has 0 aromatic heterocycles. The van der Waals surface area contributed by atoms with E-state index in [4.69, 9.17) is 5.26 Å². The molecule has 0 spiro atoms. The van der Waals surface area contributed by atoms with Crippen molar-refractivity contribution in [3.8, 4) is 22.9 Å². The molecule has 0 bridgehead atoms. The number of ether oxygens (including phenoxy) is 1. The van der Waals surface area contributed by atoms with E-state index in [1.807, 2.05) is 12.1 Å². The maximum absolute atomic E-state index is 11.5. The van der Waals surface area contributed by atoms with Gasteiger partial charge in [-0.1, -0.05) is 18.2 Å². The van der Waals surface area contributed by atoms with Crippen molar-refractivity contribution in [2.75, 3.05) is 7.11 Å². The zero-order valence-corrected chi connectivity index (χ0v) is 10.3. The smallest absolute Gasteiger partial charge is 0.337 e. The van der Waals surface area contributed by atoms with E-state index < -0.39 is 5.97 Å². The lowest BCUT2D eigenvalue weighted by Crippen LogP contribution is -2.00. The largest absolute Gasteiger partial charge is 0.507 e. The lowest BCUT2D eigenvalue weighted by Gasteiger charge is -2.05. The Labute approximate surface area is 110 Å². The molecule has 2 aromatic carbocycles. The first-order valence-electron chi connectivity index (χ1n) is 5.57. The van der Waals surface area contributed by atoms with Crippen LogP contribution >= 0.6 is 0 Å². The quantitative estimate of drug-likeness (QED) is 0.835. The maximum atomic E-state index is 11.5. The number of esters is 1. The summed E-state index contributed by atoms with van der Waals surface area (Å²) in [5, 5.41) is 18.4. The first kappa shape index (κ1) is 12.7. The second-order valence-corrected chi connectivity index (χ2v) is 3.92. The molecular formula is C15H11NO3. The highest BCUT2D eigenvalue weighted by atomic mass is 16.5. The summed E-state index contributed by atoms with van der Waals surface area (Å²) in [4.78, 5) is 11.5. The molecule has 0 amide bonds. The standard InChI is InChI=1S/C15H11NO3/c1-19-15(18)12-4-2-3-10(7-12)11-5-6-14(17)13(8-11)9-16/h2-8,17H,1H3. The minimum absolute atomic E-state index is 0.0598. The van der Waals surface area contributed by atoms with Crippen LogP contribution in [0.1, 0.15) is 15.9 Å². The number of phenols is 1. The molecule has 0 fully saturated rings. The predicted molar refractivity (Wildman–Crippen MR) is 69.6 cm³/mol. The maximum Gasteiger partial charge on any atom is 0.337 e. The number of hydrogen-bond donors (Lipinski definition) is 1. The molecule has 0 unspecified atom stereocenters. The molecule has 19 heavy (non-hydrogen) atoms. The van der Waals surface area contributed by atoms with Crippen molar-refractivity contribution in [1.82, 2.24) is 0 Å². The fourth-order valence-corrected chi connectivity index (χ4v) is 1.75. The third-order valence-corrected chi connectivity index (χ3v) is 2.73. The highest BCUT2D eigenvalue weighted by molar-refractivity contribution is 5.91. The van der Waals surface area contributed by atoms with E-state index in [0.717, 1.165) is 11.1 Å². The minimum Gasteiger partial charge on any atom is -0.507 e. The Morgan fingerprint density at radius 1 is 1.21 bits per heavy atom. The Hall–Kier alpha value is -2.80. The van der Waals surface area contributed by atoms with Gasteiger partial charge in [0, 0.05) is 0 Å². The monoisotopic (exact) mass is 253 g/mol. The molecule has 0 heterocycles. The Bertz CT molecular complexity index is 671. The van der Waals surface area contributed by atoms with E-state index in [9.17, 15) is 9.90 Å². The van der Waals surface area contributed by atoms with E-state index in [1.54, 1.807) is 30.3 Å². The van der Waals surface area contributed by atoms with Gasteiger partial charge in [0.2, 0.25) is 0 Å². The van der Waals surface area contributed by atoms with Gasteiger partial charge in [0.05, 0.1) is 18.2 Å². The van der Waals surface area contributed by atoms with E-state index in [2.05, 4.69) is 4.74 Å². The first-order valence-corrected chi connectivity index (χ1v) is 5.57. The summed E-state index contributed by atoms with van der Waals surface area (Å²) in [7, 11) is 1.32. The van der Waals surface area contributed by atoms with Crippen LogP contribution in [-0.2, 0) is 4.74 Å². The van der Waals surface area contributed by atoms with Gasteiger partial charge in [-0.25, -0.2) is 4.79 Å². The van der Waals surface area contributed by atoms with Crippen molar-refractivity contribution >= 4 is 5.97 Å². The van der Waals surface area contributed by atoms with Gasteiger partial charge in [0.15, 0.2) is 0 Å². The summed E-state index contributed by atoms with van der Waals surface area (Å²) < 4.78 is 4.66. The Balaban J connectivity index is 2.48. The topological polar surface area (TPSA) is 70.3 Å². The fourth-order valence-electron chi connectivity index (χ4n) is 1.75. The third-order valence-electron chi connectivity index (χ3n) is 2.73. The highest BCUT2D eigenvalue weighted by Gasteiger charge is 2.08. The van der Waals surface area contributed by atoms with Gasteiger partial charge >= 0.3 is 5.97 Å². The van der Waals surface area contributed by atoms with Crippen molar-refractivity contribution in [1.29, 1.82) is 5.26 Å². The lowest BCUT2D eigenvalue weighted by molar-refractivity contribution is 0.0601. The number of rotatable bonds is 2. The molecule has 4 heteroatoms. The molecule has 2 rings (SSSR count). The summed E-state index contributed by atoms with van der Waals surface area (Å²) in [6.07, 6.45) is 0. The van der Waals surface area contributed by atoms with Crippen LogP contribution in [0.3, 0.4) is 0 Å². The summed E-state index contributed by atoms with van der Waals surface area (Å²) in [5.74, 6) is -0.475. The number of carbonyl (C=O) groups excluding carboxylic acids is 1. The Morgan fingerprint density at radius 2 is 1.95 bits per heavy atom. The van der Waals surface area contributed by atoms with Gasteiger partial charge in [0.25, 0.3) is 0 Å². The number of phenolic OH excluding ortho intramolecular Hbond substituents is 1. The SMILES string of the molecule is COC(=O)c1cccc(-c2ccc(O)c(C#N)c2)c1. The molecule has 0 saturated heterocycles. The summed E-state index contributed by atoms with van der Waals surface area (Å²) in [6.45, 7) is 0. The predicted octanol–water partition coefficient (Wildman–Crippen LogP) is 2.72. The number of hydrogen-bond acceptors (Lipinski definition) is 4. The van der Waals surface area contributed by atoms with Crippen molar-refractivity contribution in [2.45, 2.75) is 0 Å². The number of nitrogens with zero attached hydrogens (tertiary/aromatic N) is 1. The van der Waals surface area contributed by atoms with Crippen LogP contribution < -0.4 is 0 Å². The highest BCUT2D eigenvalue weighted by Crippen LogP contribution is 2.26.